The number of benzene rings is 1. The molecule has 0 amide bonds. The lowest BCUT2D eigenvalue weighted by Crippen LogP contribution is -2.29. The monoisotopic (exact) mass is 237 g/mol. The molecule has 4 heteroatoms. The lowest BCUT2D eigenvalue weighted by molar-refractivity contribution is 0.559. The van der Waals surface area contributed by atoms with Crippen LogP contribution in [0.25, 0.3) is 0 Å². The van der Waals surface area contributed by atoms with Gasteiger partial charge in [-0.3, -0.25) is 0 Å². The van der Waals surface area contributed by atoms with Crippen molar-refractivity contribution in [1.82, 2.24) is 0 Å². The van der Waals surface area contributed by atoms with Gasteiger partial charge in [0.15, 0.2) is 9.84 Å². The van der Waals surface area contributed by atoms with E-state index in [1.165, 1.54) is 0 Å². The van der Waals surface area contributed by atoms with Gasteiger partial charge in [0.25, 0.3) is 0 Å². The van der Waals surface area contributed by atoms with Crippen molar-refractivity contribution in [2.24, 2.45) is 0 Å². The van der Waals surface area contributed by atoms with Crippen LogP contribution in [0.15, 0.2) is 24.3 Å². The lowest BCUT2D eigenvalue weighted by atomic mass is 10.1. The minimum atomic E-state index is -3.23. The standard InChI is InChI=1S/C12H15NO2S/c1-12(2,3)16(14,15)9-11-7-5-4-6-10(11)8-13/h4-7H,9H2,1-3H3. The summed E-state index contributed by atoms with van der Waals surface area (Å²) in [5.74, 6) is -0.0831. The van der Waals surface area contributed by atoms with E-state index in [0.29, 0.717) is 11.1 Å². The molecule has 0 aliphatic heterocycles. The first-order chi connectivity index (χ1) is 7.28. The van der Waals surface area contributed by atoms with Crippen molar-refractivity contribution < 1.29 is 8.42 Å². The van der Waals surface area contributed by atoms with Crippen LogP contribution >= 0.6 is 0 Å². The van der Waals surface area contributed by atoms with Crippen LogP contribution < -0.4 is 0 Å². The Morgan fingerprint density at radius 1 is 1.25 bits per heavy atom. The molecule has 0 radical (unpaired) electrons. The average Bonchev–Trinajstić information content (AvgIpc) is 2.16. The SMILES string of the molecule is CC(C)(C)S(=O)(=O)Cc1ccccc1C#N. The summed E-state index contributed by atoms with van der Waals surface area (Å²) in [6, 6.07) is 8.79. The zero-order chi connectivity index (χ0) is 12.4. The van der Waals surface area contributed by atoms with Crippen LogP contribution in [-0.2, 0) is 15.6 Å². The number of hydrogen-bond acceptors (Lipinski definition) is 3. The van der Waals surface area contributed by atoms with Crippen molar-refractivity contribution >= 4 is 9.84 Å². The van der Waals surface area contributed by atoms with Crippen LogP contribution in [0, 0.1) is 11.3 Å². The summed E-state index contributed by atoms with van der Waals surface area (Å²) in [5, 5.41) is 8.87. The summed E-state index contributed by atoms with van der Waals surface area (Å²) in [5.41, 5.74) is 0.996. The Morgan fingerprint density at radius 2 is 1.81 bits per heavy atom. The topological polar surface area (TPSA) is 57.9 Å². The van der Waals surface area contributed by atoms with Gasteiger partial charge < -0.3 is 0 Å². The van der Waals surface area contributed by atoms with Crippen molar-refractivity contribution in [1.29, 1.82) is 5.26 Å². The second kappa shape index (κ2) is 4.26. The normalized spacial score (nSPS) is 12.1. The van der Waals surface area contributed by atoms with E-state index < -0.39 is 14.6 Å². The Hall–Kier alpha value is -1.34. The van der Waals surface area contributed by atoms with Gasteiger partial charge in [0.05, 0.1) is 22.1 Å². The third kappa shape index (κ3) is 2.61. The third-order valence-electron chi connectivity index (χ3n) is 2.42. The van der Waals surface area contributed by atoms with Crippen LogP contribution in [0.2, 0.25) is 0 Å². The fourth-order valence-electron chi connectivity index (χ4n) is 1.18. The molecule has 0 saturated heterocycles. The van der Waals surface area contributed by atoms with Gasteiger partial charge in [-0.25, -0.2) is 8.42 Å². The van der Waals surface area contributed by atoms with Crippen molar-refractivity contribution in [3.05, 3.63) is 35.4 Å². The number of rotatable bonds is 2. The summed E-state index contributed by atoms with van der Waals surface area (Å²) in [6.45, 7) is 4.99. The second-order valence-corrected chi connectivity index (χ2v) is 7.38. The predicted octanol–water partition coefficient (Wildman–Crippen LogP) is 2.27. The van der Waals surface area contributed by atoms with Crippen LogP contribution in [0.4, 0.5) is 0 Å². The molecule has 16 heavy (non-hydrogen) atoms. The van der Waals surface area contributed by atoms with E-state index in [1.54, 1.807) is 45.0 Å². The molecule has 3 nitrogen and oxygen atoms in total. The van der Waals surface area contributed by atoms with Crippen molar-refractivity contribution in [2.45, 2.75) is 31.3 Å². The third-order valence-corrected chi connectivity index (χ3v) is 4.97. The highest BCUT2D eigenvalue weighted by atomic mass is 32.2. The molecule has 86 valence electrons. The predicted molar refractivity (Wildman–Crippen MR) is 63.5 cm³/mol. The van der Waals surface area contributed by atoms with Crippen LogP contribution in [0.3, 0.4) is 0 Å². The first kappa shape index (κ1) is 12.7. The van der Waals surface area contributed by atoms with E-state index in [9.17, 15) is 8.42 Å². The van der Waals surface area contributed by atoms with E-state index in [2.05, 4.69) is 0 Å². The van der Waals surface area contributed by atoms with Gasteiger partial charge in [0.2, 0.25) is 0 Å². The van der Waals surface area contributed by atoms with Crippen LogP contribution in [0.5, 0.6) is 0 Å². The maximum absolute atomic E-state index is 12.0. The highest BCUT2D eigenvalue weighted by Gasteiger charge is 2.29. The van der Waals surface area contributed by atoms with Gasteiger partial charge in [0.1, 0.15) is 0 Å². The number of hydrogen-bond donors (Lipinski definition) is 0. The molecule has 0 aromatic heterocycles. The van der Waals surface area contributed by atoms with Crippen molar-refractivity contribution in [3.63, 3.8) is 0 Å². The molecule has 0 heterocycles. The quantitative estimate of drug-likeness (QED) is 0.792. The van der Waals surface area contributed by atoms with E-state index in [0.717, 1.165) is 0 Å². The number of sulfone groups is 1. The molecule has 0 aliphatic rings. The van der Waals surface area contributed by atoms with Crippen LogP contribution in [0.1, 0.15) is 31.9 Å². The molecule has 0 atom stereocenters. The van der Waals surface area contributed by atoms with Crippen molar-refractivity contribution in [3.8, 4) is 6.07 Å². The molecule has 0 bridgehead atoms. The molecular weight excluding hydrogens is 222 g/mol. The molecule has 1 aromatic carbocycles. The minimum Gasteiger partial charge on any atom is -0.228 e. The molecule has 0 spiro atoms. The van der Waals surface area contributed by atoms with Crippen molar-refractivity contribution in [2.75, 3.05) is 0 Å². The maximum Gasteiger partial charge on any atom is 0.159 e. The first-order valence-electron chi connectivity index (χ1n) is 4.98. The molecule has 1 aromatic rings. The summed E-state index contributed by atoms with van der Waals surface area (Å²) in [6.07, 6.45) is 0. The van der Waals surface area contributed by atoms with Gasteiger partial charge in [-0.1, -0.05) is 18.2 Å². The average molecular weight is 237 g/mol. The van der Waals surface area contributed by atoms with Gasteiger partial charge >= 0.3 is 0 Å². The lowest BCUT2D eigenvalue weighted by Gasteiger charge is -2.19. The van der Waals surface area contributed by atoms with E-state index in [-0.39, 0.29) is 5.75 Å². The molecule has 0 saturated carbocycles. The Labute approximate surface area is 96.6 Å². The minimum absolute atomic E-state index is 0.0831. The number of nitriles is 1. The van der Waals surface area contributed by atoms with Crippen LogP contribution in [-0.4, -0.2) is 13.2 Å². The number of nitrogens with zero attached hydrogens (tertiary/aromatic N) is 1. The fraction of sp³-hybridized carbons (Fsp3) is 0.417. The molecule has 0 fully saturated rings. The largest absolute Gasteiger partial charge is 0.228 e. The van der Waals surface area contributed by atoms with E-state index in [1.807, 2.05) is 6.07 Å². The fourth-order valence-corrected chi connectivity index (χ4v) is 2.27. The van der Waals surface area contributed by atoms with Gasteiger partial charge in [-0.05, 0) is 32.4 Å². The molecule has 0 unspecified atom stereocenters. The summed E-state index contributed by atoms with van der Waals surface area (Å²) in [7, 11) is -3.23. The summed E-state index contributed by atoms with van der Waals surface area (Å²) in [4.78, 5) is 0. The zero-order valence-corrected chi connectivity index (χ0v) is 10.5. The van der Waals surface area contributed by atoms with Gasteiger partial charge in [-0.15, -0.1) is 0 Å². The molecular formula is C12H15NO2S. The van der Waals surface area contributed by atoms with Gasteiger partial charge in [-0.2, -0.15) is 5.26 Å². The first-order valence-corrected chi connectivity index (χ1v) is 6.63. The Kier molecular flexibility index (Phi) is 3.39. The molecule has 0 N–H and O–H groups in total. The van der Waals surface area contributed by atoms with Gasteiger partial charge in [0, 0.05) is 0 Å². The maximum atomic E-state index is 12.0. The Balaban J connectivity index is 3.13. The zero-order valence-electron chi connectivity index (χ0n) is 9.69. The van der Waals surface area contributed by atoms with E-state index in [4.69, 9.17) is 5.26 Å². The molecule has 1 rings (SSSR count). The molecule has 0 aliphatic carbocycles. The smallest absolute Gasteiger partial charge is 0.159 e. The Morgan fingerprint density at radius 3 is 2.31 bits per heavy atom. The van der Waals surface area contributed by atoms with E-state index >= 15 is 0 Å². The Bertz CT molecular complexity index is 519. The highest BCUT2D eigenvalue weighted by Crippen LogP contribution is 2.21. The second-order valence-electron chi connectivity index (χ2n) is 4.64. The summed E-state index contributed by atoms with van der Waals surface area (Å²) < 4.78 is 23.2. The summed E-state index contributed by atoms with van der Waals surface area (Å²) >= 11 is 0. The highest BCUT2D eigenvalue weighted by molar-refractivity contribution is 7.91.